The molecular weight excluding hydrogens is 372 g/mol. The van der Waals surface area contributed by atoms with E-state index in [1.165, 1.54) is 5.56 Å². The molecule has 1 fully saturated rings. The van der Waals surface area contributed by atoms with Crippen molar-refractivity contribution in [1.29, 1.82) is 0 Å². The third kappa shape index (κ3) is 5.08. The van der Waals surface area contributed by atoms with Gasteiger partial charge in [-0.2, -0.15) is 0 Å². The van der Waals surface area contributed by atoms with Crippen molar-refractivity contribution >= 4 is 11.5 Å². The normalized spacial score (nSPS) is 17.3. The average molecular weight is 401 g/mol. The molecule has 30 heavy (non-hydrogen) atoms. The number of hydrogen-bond donors (Lipinski definition) is 1. The maximum Gasteiger partial charge on any atom is 0.253 e. The first-order valence-corrected chi connectivity index (χ1v) is 10.6. The van der Waals surface area contributed by atoms with Crippen LogP contribution < -0.4 is 0 Å². The Morgan fingerprint density at radius 1 is 0.900 bits per heavy atom. The van der Waals surface area contributed by atoms with Gasteiger partial charge in [-0.05, 0) is 53.8 Å². The van der Waals surface area contributed by atoms with E-state index in [0.29, 0.717) is 0 Å². The Bertz CT molecular complexity index is 950. The first-order chi connectivity index (χ1) is 14.7. The summed E-state index contributed by atoms with van der Waals surface area (Å²) in [5.41, 5.74) is 4.30. The molecule has 1 aliphatic heterocycles. The van der Waals surface area contributed by atoms with Crippen LogP contribution in [-0.2, 0) is 6.42 Å². The zero-order valence-corrected chi connectivity index (χ0v) is 17.2. The second-order valence-electron chi connectivity index (χ2n) is 7.84. The fraction of sp³-hybridized carbons (Fsp3) is 0.269. The molecule has 2 aromatic rings. The van der Waals surface area contributed by atoms with E-state index >= 15 is 0 Å². The predicted molar refractivity (Wildman–Crippen MR) is 121 cm³/mol. The minimum Gasteiger partial charge on any atom is -0.508 e. The van der Waals surface area contributed by atoms with E-state index in [1.807, 2.05) is 47.4 Å². The molecule has 154 valence electrons. The summed E-state index contributed by atoms with van der Waals surface area (Å²) in [5.74, 6) is 0.372. The van der Waals surface area contributed by atoms with Crippen LogP contribution in [0.5, 0.6) is 0 Å². The number of piperazine rings is 1. The summed E-state index contributed by atoms with van der Waals surface area (Å²) in [4.78, 5) is 17.3. The molecule has 0 atom stereocenters. The van der Waals surface area contributed by atoms with E-state index in [4.69, 9.17) is 0 Å². The molecule has 0 aromatic heterocycles. The van der Waals surface area contributed by atoms with Crippen molar-refractivity contribution in [1.82, 2.24) is 9.80 Å². The molecule has 1 heterocycles. The van der Waals surface area contributed by atoms with Crippen molar-refractivity contribution in [2.75, 3.05) is 32.7 Å². The number of rotatable bonds is 5. The average Bonchev–Trinajstić information content (AvgIpc) is 3.03. The lowest BCUT2D eigenvalue weighted by atomic mass is 10.0. The lowest BCUT2D eigenvalue weighted by molar-refractivity contribution is 0.0638. The number of carbonyl (C=O) groups excluding carboxylic acids is 1. The number of aliphatic hydroxyl groups excluding tert-OH is 1. The van der Waals surface area contributed by atoms with Gasteiger partial charge in [0.1, 0.15) is 5.76 Å². The van der Waals surface area contributed by atoms with Gasteiger partial charge in [-0.1, -0.05) is 54.6 Å². The Kier molecular flexibility index (Phi) is 6.45. The molecule has 0 saturated carbocycles. The lowest BCUT2D eigenvalue weighted by Gasteiger charge is -2.34. The van der Waals surface area contributed by atoms with Gasteiger partial charge in [0.05, 0.1) is 0 Å². The van der Waals surface area contributed by atoms with E-state index in [9.17, 15) is 9.90 Å². The number of hydrogen-bond acceptors (Lipinski definition) is 3. The van der Waals surface area contributed by atoms with E-state index in [0.717, 1.165) is 62.3 Å². The molecule has 0 bridgehead atoms. The molecule has 2 aromatic carbocycles. The van der Waals surface area contributed by atoms with Crippen molar-refractivity contribution < 1.29 is 9.90 Å². The van der Waals surface area contributed by atoms with Crippen LogP contribution >= 0.6 is 0 Å². The summed E-state index contributed by atoms with van der Waals surface area (Å²) in [6.07, 6.45) is 9.10. The summed E-state index contributed by atoms with van der Waals surface area (Å²) >= 11 is 0. The zero-order chi connectivity index (χ0) is 20.8. The van der Waals surface area contributed by atoms with Gasteiger partial charge in [0.2, 0.25) is 0 Å². The monoisotopic (exact) mass is 400 g/mol. The van der Waals surface area contributed by atoms with E-state index in [1.54, 1.807) is 12.2 Å². The summed E-state index contributed by atoms with van der Waals surface area (Å²) in [5, 5.41) is 9.60. The predicted octanol–water partition coefficient (Wildman–Crippen LogP) is 4.47. The van der Waals surface area contributed by atoms with Crippen LogP contribution in [0.2, 0.25) is 0 Å². The van der Waals surface area contributed by atoms with Gasteiger partial charge in [-0.15, -0.1) is 0 Å². The molecule has 2 aliphatic rings. The van der Waals surface area contributed by atoms with Crippen LogP contribution in [0.1, 0.15) is 27.9 Å². The van der Waals surface area contributed by atoms with Gasteiger partial charge < -0.3 is 10.0 Å². The van der Waals surface area contributed by atoms with E-state index in [-0.39, 0.29) is 11.7 Å². The Labute approximate surface area is 178 Å². The molecule has 1 amide bonds. The maximum atomic E-state index is 12.9. The smallest absolute Gasteiger partial charge is 0.253 e. The highest BCUT2D eigenvalue weighted by molar-refractivity contribution is 5.94. The Morgan fingerprint density at radius 3 is 2.37 bits per heavy atom. The molecular formula is C26H28N2O2. The number of aliphatic hydroxyl groups is 1. The standard InChI is InChI=1S/C26H28N2O2/c29-25-8-4-7-22(13-14-25)23-9-11-24(12-10-23)26(30)28-19-17-27(18-20-28)16-15-21-5-2-1-3-6-21/h1-6,8-14,29H,7,15-20H2. The second kappa shape index (κ2) is 9.59. The molecule has 4 nitrogen and oxygen atoms in total. The van der Waals surface area contributed by atoms with Crippen LogP contribution in [0.25, 0.3) is 5.57 Å². The number of benzene rings is 2. The fourth-order valence-electron chi connectivity index (χ4n) is 3.95. The van der Waals surface area contributed by atoms with E-state index in [2.05, 4.69) is 29.2 Å². The first-order valence-electron chi connectivity index (χ1n) is 10.6. The molecule has 4 rings (SSSR count). The Balaban J connectivity index is 1.30. The molecule has 0 unspecified atom stereocenters. The molecule has 1 aliphatic carbocycles. The van der Waals surface area contributed by atoms with Gasteiger partial charge >= 0.3 is 0 Å². The van der Waals surface area contributed by atoms with Crippen molar-refractivity contribution in [3.05, 3.63) is 101 Å². The van der Waals surface area contributed by atoms with E-state index < -0.39 is 0 Å². The lowest BCUT2D eigenvalue weighted by Crippen LogP contribution is -2.49. The molecule has 1 N–H and O–H groups in total. The molecule has 0 radical (unpaired) electrons. The zero-order valence-electron chi connectivity index (χ0n) is 17.2. The van der Waals surface area contributed by atoms with Crippen LogP contribution in [0.3, 0.4) is 0 Å². The SMILES string of the molecule is O=C(c1ccc(C2=CC=C(O)C=CC2)cc1)N1CCN(CCc2ccccc2)CC1. The highest BCUT2D eigenvalue weighted by Crippen LogP contribution is 2.22. The summed E-state index contributed by atoms with van der Waals surface area (Å²) in [6, 6.07) is 18.4. The first kappa shape index (κ1) is 20.2. The van der Waals surface area contributed by atoms with Crippen LogP contribution in [-0.4, -0.2) is 53.5 Å². The maximum absolute atomic E-state index is 12.9. The van der Waals surface area contributed by atoms with Crippen molar-refractivity contribution in [2.24, 2.45) is 0 Å². The molecule has 4 heteroatoms. The van der Waals surface area contributed by atoms with Crippen molar-refractivity contribution in [2.45, 2.75) is 12.8 Å². The number of carbonyl (C=O) groups is 1. The number of allylic oxidation sites excluding steroid dienone is 5. The van der Waals surface area contributed by atoms with Crippen LogP contribution in [0.15, 0.2) is 84.7 Å². The van der Waals surface area contributed by atoms with Gasteiger partial charge in [0.25, 0.3) is 5.91 Å². The highest BCUT2D eigenvalue weighted by Gasteiger charge is 2.22. The highest BCUT2D eigenvalue weighted by atomic mass is 16.3. The van der Waals surface area contributed by atoms with Crippen LogP contribution in [0.4, 0.5) is 0 Å². The third-order valence-electron chi connectivity index (χ3n) is 5.80. The second-order valence-corrected chi connectivity index (χ2v) is 7.84. The minimum atomic E-state index is 0.108. The number of nitrogens with zero attached hydrogens (tertiary/aromatic N) is 2. The quantitative estimate of drug-likeness (QED) is 0.805. The van der Waals surface area contributed by atoms with Gasteiger partial charge in [0.15, 0.2) is 0 Å². The third-order valence-corrected chi connectivity index (χ3v) is 5.80. The van der Waals surface area contributed by atoms with Crippen molar-refractivity contribution in [3.63, 3.8) is 0 Å². The van der Waals surface area contributed by atoms with Crippen LogP contribution in [0, 0.1) is 0 Å². The molecule has 0 spiro atoms. The largest absolute Gasteiger partial charge is 0.508 e. The Hall–Kier alpha value is -3.11. The molecule has 1 saturated heterocycles. The summed E-state index contributed by atoms with van der Waals surface area (Å²) < 4.78 is 0. The summed E-state index contributed by atoms with van der Waals surface area (Å²) in [6.45, 7) is 4.43. The summed E-state index contributed by atoms with van der Waals surface area (Å²) in [7, 11) is 0. The number of amides is 1. The van der Waals surface area contributed by atoms with Gasteiger partial charge in [0, 0.05) is 38.3 Å². The van der Waals surface area contributed by atoms with Crippen molar-refractivity contribution in [3.8, 4) is 0 Å². The minimum absolute atomic E-state index is 0.108. The topological polar surface area (TPSA) is 43.8 Å². The Morgan fingerprint density at radius 2 is 1.63 bits per heavy atom. The van der Waals surface area contributed by atoms with Gasteiger partial charge in [-0.25, -0.2) is 0 Å². The van der Waals surface area contributed by atoms with Gasteiger partial charge in [-0.3, -0.25) is 9.69 Å². The fourth-order valence-corrected chi connectivity index (χ4v) is 3.95.